The summed E-state index contributed by atoms with van der Waals surface area (Å²) in [6.45, 7) is 5.31. The van der Waals surface area contributed by atoms with E-state index in [0.717, 1.165) is 38.0 Å². The molecule has 1 aromatic carbocycles. The summed E-state index contributed by atoms with van der Waals surface area (Å²) in [6, 6.07) is 8.02. The second kappa shape index (κ2) is 5.14. The van der Waals surface area contributed by atoms with Crippen LogP contribution in [-0.2, 0) is 0 Å². The van der Waals surface area contributed by atoms with E-state index in [1.165, 1.54) is 0 Å². The van der Waals surface area contributed by atoms with E-state index in [-0.39, 0.29) is 5.91 Å². The molecule has 3 rings (SSSR count). The molecule has 2 bridgehead atoms. The molecule has 2 aliphatic rings. The van der Waals surface area contributed by atoms with Gasteiger partial charge in [-0.05, 0) is 43.7 Å². The molecule has 2 aliphatic heterocycles. The van der Waals surface area contributed by atoms with Gasteiger partial charge in [0.1, 0.15) is 0 Å². The Morgan fingerprint density at radius 2 is 1.79 bits per heavy atom. The van der Waals surface area contributed by atoms with Crippen LogP contribution in [0, 0.1) is 0 Å². The first-order chi connectivity index (χ1) is 9.19. The summed E-state index contributed by atoms with van der Waals surface area (Å²) in [5.41, 5.74) is 0.756. The number of nitrogens with zero attached hydrogens (tertiary/aromatic N) is 2. The number of fused-ring (bicyclic) bond motifs is 2. The van der Waals surface area contributed by atoms with E-state index in [1.54, 1.807) is 12.1 Å². The van der Waals surface area contributed by atoms with Gasteiger partial charge in [-0.3, -0.25) is 9.69 Å². The van der Waals surface area contributed by atoms with Crippen LogP contribution in [0.3, 0.4) is 0 Å². The van der Waals surface area contributed by atoms with Crippen LogP contribution in [0.5, 0.6) is 0 Å². The number of carbonyl (C=O) groups excluding carboxylic acids is 1. The second-order valence-corrected chi connectivity index (χ2v) is 5.89. The maximum atomic E-state index is 12.6. The van der Waals surface area contributed by atoms with Gasteiger partial charge in [-0.2, -0.15) is 0 Å². The summed E-state index contributed by atoms with van der Waals surface area (Å²) >= 11 is 5.88. The molecule has 0 aliphatic carbocycles. The summed E-state index contributed by atoms with van der Waals surface area (Å²) in [7, 11) is 0. The summed E-state index contributed by atoms with van der Waals surface area (Å²) in [5.74, 6) is 0.167. The van der Waals surface area contributed by atoms with E-state index in [4.69, 9.17) is 11.6 Å². The zero-order chi connectivity index (χ0) is 13.4. The number of hydrogen-bond donors (Lipinski definition) is 0. The van der Waals surface area contributed by atoms with E-state index in [1.807, 2.05) is 12.1 Å². The fourth-order valence-corrected chi connectivity index (χ4v) is 3.45. The molecule has 2 fully saturated rings. The van der Waals surface area contributed by atoms with Crippen molar-refractivity contribution in [2.24, 2.45) is 0 Å². The number of likely N-dealkylation sites (N-methyl/N-ethyl adjacent to an activating group) is 1. The highest BCUT2D eigenvalue weighted by atomic mass is 35.5. The summed E-state index contributed by atoms with van der Waals surface area (Å²) in [5, 5.41) is 0.676. The molecule has 3 nitrogen and oxygen atoms in total. The first-order valence-corrected chi connectivity index (χ1v) is 7.37. The van der Waals surface area contributed by atoms with E-state index in [9.17, 15) is 4.79 Å². The molecule has 2 unspecified atom stereocenters. The molecule has 102 valence electrons. The van der Waals surface area contributed by atoms with Crippen molar-refractivity contribution >= 4 is 17.5 Å². The van der Waals surface area contributed by atoms with Crippen molar-refractivity contribution in [1.82, 2.24) is 9.80 Å². The Morgan fingerprint density at radius 3 is 2.32 bits per heavy atom. The number of piperazine rings is 1. The maximum absolute atomic E-state index is 12.6. The number of rotatable bonds is 2. The van der Waals surface area contributed by atoms with Gasteiger partial charge >= 0.3 is 0 Å². The second-order valence-electron chi connectivity index (χ2n) is 5.46. The minimum Gasteiger partial charge on any atom is -0.330 e. The molecule has 19 heavy (non-hydrogen) atoms. The molecular weight excluding hydrogens is 260 g/mol. The van der Waals surface area contributed by atoms with Crippen LogP contribution in [0.4, 0.5) is 0 Å². The quantitative estimate of drug-likeness (QED) is 0.830. The standard InChI is InChI=1S/C15H19ClN2O/c1-2-17-9-13-7-8-14(10-17)18(13)15(19)11-3-5-12(16)6-4-11/h3-6,13-14H,2,7-10H2,1H3. The van der Waals surface area contributed by atoms with Crippen LogP contribution in [0.15, 0.2) is 24.3 Å². The predicted molar refractivity (Wildman–Crippen MR) is 76.5 cm³/mol. The van der Waals surface area contributed by atoms with Gasteiger partial charge < -0.3 is 4.90 Å². The van der Waals surface area contributed by atoms with Crippen molar-refractivity contribution in [2.75, 3.05) is 19.6 Å². The largest absolute Gasteiger partial charge is 0.330 e. The van der Waals surface area contributed by atoms with Gasteiger partial charge in [0.2, 0.25) is 0 Å². The van der Waals surface area contributed by atoms with Gasteiger partial charge in [0.25, 0.3) is 5.91 Å². The summed E-state index contributed by atoms with van der Waals surface area (Å²) < 4.78 is 0. The molecule has 2 heterocycles. The lowest BCUT2D eigenvalue weighted by Gasteiger charge is -2.40. The van der Waals surface area contributed by atoms with Gasteiger partial charge in [-0.1, -0.05) is 18.5 Å². The van der Waals surface area contributed by atoms with Crippen LogP contribution in [-0.4, -0.2) is 47.4 Å². The Morgan fingerprint density at radius 1 is 1.21 bits per heavy atom. The fourth-order valence-electron chi connectivity index (χ4n) is 3.32. The van der Waals surface area contributed by atoms with Gasteiger partial charge in [-0.25, -0.2) is 0 Å². The predicted octanol–water partition coefficient (Wildman–Crippen LogP) is 2.65. The molecule has 4 heteroatoms. The van der Waals surface area contributed by atoms with Crippen molar-refractivity contribution in [1.29, 1.82) is 0 Å². The lowest BCUT2D eigenvalue weighted by atomic mass is 10.1. The molecular formula is C15H19ClN2O. The molecule has 2 atom stereocenters. The van der Waals surface area contributed by atoms with Gasteiger partial charge in [0.05, 0.1) is 0 Å². The monoisotopic (exact) mass is 278 g/mol. The van der Waals surface area contributed by atoms with Crippen LogP contribution in [0.2, 0.25) is 5.02 Å². The number of likely N-dealkylation sites (tertiary alicyclic amines) is 1. The number of benzene rings is 1. The Kier molecular flexibility index (Phi) is 3.50. The highest BCUT2D eigenvalue weighted by Crippen LogP contribution is 2.31. The molecule has 0 spiro atoms. The lowest BCUT2D eigenvalue weighted by Crippen LogP contribution is -2.55. The van der Waals surface area contributed by atoms with Crippen molar-refractivity contribution in [3.05, 3.63) is 34.9 Å². The van der Waals surface area contributed by atoms with E-state index < -0.39 is 0 Å². The SMILES string of the molecule is CCN1CC2CCC(C1)N2C(=O)c1ccc(Cl)cc1. The average molecular weight is 279 g/mol. The topological polar surface area (TPSA) is 23.6 Å². The number of halogens is 1. The Labute approximate surface area is 119 Å². The van der Waals surface area contributed by atoms with Crippen molar-refractivity contribution < 1.29 is 4.79 Å². The molecule has 0 saturated carbocycles. The van der Waals surface area contributed by atoms with Gasteiger partial charge in [-0.15, -0.1) is 0 Å². The molecule has 2 saturated heterocycles. The van der Waals surface area contributed by atoms with Crippen molar-refractivity contribution in [2.45, 2.75) is 31.8 Å². The zero-order valence-electron chi connectivity index (χ0n) is 11.2. The molecule has 0 radical (unpaired) electrons. The highest BCUT2D eigenvalue weighted by Gasteiger charge is 2.42. The highest BCUT2D eigenvalue weighted by molar-refractivity contribution is 6.30. The molecule has 0 N–H and O–H groups in total. The van der Waals surface area contributed by atoms with Crippen LogP contribution >= 0.6 is 11.6 Å². The lowest BCUT2D eigenvalue weighted by molar-refractivity contribution is 0.0433. The molecule has 1 aromatic rings. The third-order valence-corrected chi connectivity index (χ3v) is 4.58. The Balaban J connectivity index is 1.80. The van der Waals surface area contributed by atoms with E-state index >= 15 is 0 Å². The van der Waals surface area contributed by atoms with Crippen LogP contribution < -0.4 is 0 Å². The van der Waals surface area contributed by atoms with Crippen molar-refractivity contribution in [3.8, 4) is 0 Å². The van der Waals surface area contributed by atoms with Gasteiger partial charge in [0, 0.05) is 35.8 Å². The first-order valence-electron chi connectivity index (χ1n) is 6.99. The van der Waals surface area contributed by atoms with E-state index in [0.29, 0.717) is 17.1 Å². The fraction of sp³-hybridized carbons (Fsp3) is 0.533. The van der Waals surface area contributed by atoms with E-state index in [2.05, 4.69) is 16.7 Å². The minimum atomic E-state index is 0.167. The molecule has 0 aromatic heterocycles. The van der Waals surface area contributed by atoms with Gasteiger partial charge in [0.15, 0.2) is 0 Å². The molecule has 1 amide bonds. The number of amides is 1. The third kappa shape index (κ3) is 2.37. The number of carbonyl (C=O) groups is 1. The summed E-state index contributed by atoms with van der Waals surface area (Å²) in [6.07, 6.45) is 2.28. The van der Waals surface area contributed by atoms with Crippen LogP contribution in [0.1, 0.15) is 30.1 Å². The average Bonchev–Trinajstić information content (AvgIpc) is 2.69. The van der Waals surface area contributed by atoms with Crippen LogP contribution in [0.25, 0.3) is 0 Å². The Hall–Kier alpha value is -1.06. The normalized spacial score (nSPS) is 26.7. The van der Waals surface area contributed by atoms with Crippen molar-refractivity contribution in [3.63, 3.8) is 0 Å². The smallest absolute Gasteiger partial charge is 0.254 e. The summed E-state index contributed by atoms with van der Waals surface area (Å²) in [4.78, 5) is 17.2. The maximum Gasteiger partial charge on any atom is 0.254 e. The third-order valence-electron chi connectivity index (χ3n) is 4.33. The first kappa shape index (κ1) is 12.9. The Bertz CT molecular complexity index is 460. The minimum absolute atomic E-state index is 0.167. The number of hydrogen-bond acceptors (Lipinski definition) is 2. The zero-order valence-corrected chi connectivity index (χ0v) is 11.9.